The molecule has 202 valence electrons. The molecular weight excluding hydrogens is 495 g/mol. The number of fused-ring (bicyclic) bond motifs is 1. The first-order chi connectivity index (χ1) is 17.5. The van der Waals surface area contributed by atoms with Crippen LogP contribution in [0.15, 0.2) is 36.8 Å². The van der Waals surface area contributed by atoms with E-state index in [4.69, 9.17) is 4.74 Å². The minimum Gasteiger partial charge on any atom is -0.406 e. The van der Waals surface area contributed by atoms with Gasteiger partial charge in [-0.2, -0.15) is 0 Å². The number of aromatic nitrogens is 2. The number of likely N-dealkylation sites (tertiary alicyclic amines) is 1. The van der Waals surface area contributed by atoms with Crippen LogP contribution in [0, 0.1) is 17.8 Å². The summed E-state index contributed by atoms with van der Waals surface area (Å²) in [6, 6.07) is 5.50. The fraction of sp³-hybridized carbons (Fsp3) is 0.542. The Balaban J connectivity index is 1.37. The molecule has 37 heavy (non-hydrogen) atoms. The van der Waals surface area contributed by atoms with Crippen molar-refractivity contribution in [2.24, 2.45) is 24.8 Å². The van der Waals surface area contributed by atoms with Crippen LogP contribution in [0.3, 0.4) is 0 Å². The van der Waals surface area contributed by atoms with Crippen molar-refractivity contribution in [1.29, 1.82) is 0 Å². The predicted molar refractivity (Wildman–Crippen MR) is 124 cm³/mol. The summed E-state index contributed by atoms with van der Waals surface area (Å²) in [7, 11) is 1.73. The second-order valence-electron chi connectivity index (χ2n) is 9.66. The third-order valence-electron chi connectivity index (χ3n) is 6.48. The van der Waals surface area contributed by atoms with Gasteiger partial charge in [0.15, 0.2) is 0 Å². The number of hydrogen-bond donors (Lipinski definition) is 2. The van der Waals surface area contributed by atoms with Crippen molar-refractivity contribution in [3.8, 4) is 11.6 Å². The topological polar surface area (TPSA) is 109 Å². The summed E-state index contributed by atoms with van der Waals surface area (Å²) in [5.74, 6) is 0.389. The lowest BCUT2D eigenvalue weighted by molar-refractivity contribution is -0.274. The van der Waals surface area contributed by atoms with Crippen molar-refractivity contribution in [1.82, 2.24) is 24.7 Å². The molecule has 2 fully saturated rings. The molecule has 0 spiro atoms. The number of ether oxygens (including phenoxy) is 2. The zero-order valence-electron chi connectivity index (χ0n) is 20.5. The minimum absolute atomic E-state index is 0.0299. The lowest BCUT2D eigenvalue weighted by atomic mass is 10.2. The van der Waals surface area contributed by atoms with Crippen molar-refractivity contribution in [3.63, 3.8) is 0 Å². The second kappa shape index (κ2) is 11.0. The van der Waals surface area contributed by atoms with Crippen LogP contribution in [-0.4, -0.2) is 81.6 Å². The van der Waals surface area contributed by atoms with E-state index in [0.717, 1.165) is 0 Å². The summed E-state index contributed by atoms with van der Waals surface area (Å²) in [5.41, 5.74) is 0.460. The van der Waals surface area contributed by atoms with Crippen molar-refractivity contribution in [2.75, 3.05) is 32.7 Å². The Kier molecular flexibility index (Phi) is 7.93. The number of rotatable bonds is 10. The molecule has 2 heterocycles. The summed E-state index contributed by atoms with van der Waals surface area (Å²) in [6.45, 7) is 3.83. The molecule has 3 unspecified atom stereocenters. The van der Waals surface area contributed by atoms with Gasteiger partial charge >= 0.3 is 12.5 Å². The van der Waals surface area contributed by atoms with Crippen LogP contribution >= 0.6 is 0 Å². The monoisotopic (exact) mass is 525 g/mol. The Bertz CT molecular complexity index is 1100. The van der Waals surface area contributed by atoms with Gasteiger partial charge in [0.25, 0.3) is 0 Å². The number of piperidine rings is 1. The van der Waals surface area contributed by atoms with E-state index < -0.39 is 18.6 Å². The maximum absolute atomic E-state index is 13.0. The standard InChI is InChI=1S/C24H30F3N5O5/c1-15(33)7-28-21(34)12-31-9-18-19(10-31)20(18)11-32(23(35)36-22-13-30(2)14-29-22)8-16-4-3-5-17(6-16)37-24(25,26)27/h3-6,13-15,18-20,33H,7-12H2,1-2H3,(H,28,34). The van der Waals surface area contributed by atoms with E-state index in [1.807, 2.05) is 4.90 Å². The number of aryl methyl sites for hydroxylation is 1. The number of carbonyl (C=O) groups excluding carboxylic acids is 2. The number of carbonyl (C=O) groups is 2. The average molecular weight is 526 g/mol. The summed E-state index contributed by atoms with van der Waals surface area (Å²) < 4.78 is 49.0. The van der Waals surface area contributed by atoms with E-state index in [9.17, 15) is 27.9 Å². The Morgan fingerprint density at radius 2 is 2.03 bits per heavy atom. The normalized spacial score (nSPS) is 21.7. The lowest BCUT2D eigenvalue weighted by Gasteiger charge is -2.24. The van der Waals surface area contributed by atoms with Crippen LogP contribution in [-0.2, 0) is 18.4 Å². The molecule has 13 heteroatoms. The molecule has 10 nitrogen and oxygen atoms in total. The number of halogens is 3. The van der Waals surface area contributed by atoms with Gasteiger partial charge in [-0.1, -0.05) is 12.1 Å². The van der Waals surface area contributed by atoms with Gasteiger partial charge in [-0.05, 0) is 42.4 Å². The molecule has 1 saturated carbocycles. The first kappa shape index (κ1) is 26.7. The van der Waals surface area contributed by atoms with Gasteiger partial charge in [-0.25, -0.2) is 9.78 Å². The molecule has 2 N–H and O–H groups in total. The third-order valence-corrected chi connectivity index (χ3v) is 6.48. The van der Waals surface area contributed by atoms with Crippen LogP contribution in [0.25, 0.3) is 0 Å². The third kappa shape index (κ3) is 7.59. The number of benzene rings is 1. The first-order valence-corrected chi connectivity index (χ1v) is 11.9. The second-order valence-corrected chi connectivity index (χ2v) is 9.66. The highest BCUT2D eigenvalue weighted by Crippen LogP contribution is 2.52. The molecule has 4 rings (SSSR count). The lowest BCUT2D eigenvalue weighted by Crippen LogP contribution is -2.41. The number of aliphatic hydroxyl groups is 1. The molecule has 0 radical (unpaired) electrons. The van der Waals surface area contributed by atoms with E-state index in [1.54, 1.807) is 30.8 Å². The smallest absolute Gasteiger partial charge is 0.406 e. The van der Waals surface area contributed by atoms with Gasteiger partial charge in [-0.15, -0.1) is 13.2 Å². The van der Waals surface area contributed by atoms with Crippen LogP contribution in [0.1, 0.15) is 12.5 Å². The van der Waals surface area contributed by atoms with Gasteiger partial charge < -0.3 is 29.4 Å². The molecule has 1 aromatic carbocycles. The molecular formula is C24H30F3N5O5. The fourth-order valence-corrected chi connectivity index (χ4v) is 4.77. The Morgan fingerprint density at radius 1 is 1.30 bits per heavy atom. The highest BCUT2D eigenvalue weighted by atomic mass is 19.4. The number of imidazole rings is 1. The fourth-order valence-electron chi connectivity index (χ4n) is 4.77. The summed E-state index contributed by atoms with van der Waals surface area (Å²) >= 11 is 0. The highest BCUT2D eigenvalue weighted by molar-refractivity contribution is 5.78. The molecule has 1 aromatic heterocycles. The number of aliphatic hydroxyl groups excluding tert-OH is 1. The molecule has 1 aliphatic heterocycles. The van der Waals surface area contributed by atoms with E-state index in [0.29, 0.717) is 37.0 Å². The number of nitrogens with zero attached hydrogens (tertiary/aromatic N) is 4. The maximum atomic E-state index is 13.0. The molecule has 3 atom stereocenters. The van der Waals surface area contributed by atoms with Crippen molar-refractivity contribution >= 4 is 12.0 Å². The van der Waals surface area contributed by atoms with Gasteiger partial charge in [0.1, 0.15) is 5.75 Å². The van der Waals surface area contributed by atoms with Crippen LogP contribution in [0.4, 0.5) is 18.0 Å². The SMILES string of the molecule is CC(O)CNC(=O)CN1CC2C(C1)C2CN(Cc1cccc(OC(F)(F)F)c1)C(=O)Oc1cn(C)cn1. The van der Waals surface area contributed by atoms with E-state index in [2.05, 4.69) is 15.0 Å². The Labute approximate surface area is 212 Å². The molecule has 0 bridgehead atoms. The van der Waals surface area contributed by atoms with Gasteiger partial charge in [0.05, 0.1) is 25.2 Å². The largest absolute Gasteiger partial charge is 0.573 e. The average Bonchev–Trinajstić information content (AvgIpc) is 3.10. The number of hydrogen-bond acceptors (Lipinski definition) is 7. The molecule has 2 aromatic rings. The molecule has 2 aliphatic rings. The maximum Gasteiger partial charge on any atom is 0.573 e. The first-order valence-electron chi connectivity index (χ1n) is 11.9. The van der Waals surface area contributed by atoms with E-state index >= 15 is 0 Å². The van der Waals surface area contributed by atoms with E-state index in [-0.39, 0.29) is 43.1 Å². The van der Waals surface area contributed by atoms with Crippen LogP contribution in [0.5, 0.6) is 11.6 Å². The summed E-state index contributed by atoms with van der Waals surface area (Å²) in [4.78, 5) is 32.6. The number of alkyl halides is 3. The predicted octanol–water partition coefficient (Wildman–Crippen LogP) is 1.99. The van der Waals surface area contributed by atoms with Crippen molar-refractivity contribution < 1.29 is 37.3 Å². The minimum atomic E-state index is -4.82. The quantitative estimate of drug-likeness (QED) is 0.489. The number of amides is 2. The zero-order valence-corrected chi connectivity index (χ0v) is 20.5. The van der Waals surface area contributed by atoms with Crippen LogP contribution in [0.2, 0.25) is 0 Å². The molecule has 1 saturated heterocycles. The summed E-state index contributed by atoms with van der Waals surface area (Å²) in [5, 5.41) is 12.0. The van der Waals surface area contributed by atoms with E-state index in [1.165, 1.54) is 29.4 Å². The summed E-state index contributed by atoms with van der Waals surface area (Å²) in [6.07, 6.45) is -3.05. The van der Waals surface area contributed by atoms with Gasteiger partial charge in [0.2, 0.25) is 11.8 Å². The van der Waals surface area contributed by atoms with Gasteiger partial charge in [0, 0.05) is 39.8 Å². The Hall–Kier alpha value is -3.32. The molecule has 2 amide bonds. The van der Waals surface area contributed by atoms with Gasteiger partial charge in [-0.3, -0.25) is 9.69 Å². The van der Waals surface area contributed by atoms with Crippen LogP contribution < -0.4 is 14.8 Å². The molecule has 1 aliphatic carbocycles. The van der Waals surface area contributed by atoms with Crippen molar-refractivity contribution in [3.05, 3.63) is 42.4 Å². The Morgan fingerprint density at radius 3 is 2.65 bits per heavy atom. The number of nitrogens with one attached hydrogen (secondary N) is 1. The van der Waals surface area contributed by atoms with Crippen molar-refractivity contribution in [2.45, 2.75) is 25.9 Å². The zero-order chi connectivity index (χ0) is 26.7. The highest BCUT2D eigenvalue weighted by Gasteiger charge is 2.56.